The van der Waals surface area contributed by atoms with Crippen molar-refractivity contribution in [2.45, 2.75) is 91.4 Å². The Bertz CT molecular complexity index is 864. The van der Waals surface area contributed by atoms with Crippen molar-refractivity contribution in [2.75, 3.05) is 13.2 Å². The van der Waals surface area contributed by atoms with Crippen molar-refractivity contribution in [3.63, 3.8) is 0 Å². The molecule has 3 rings (SSSR count). The van der Waals surface area contributed by atoms with Crippen LogP contribution in [0.1, 0.15) is 88.1 Å². The number of aryl methyl sites for hydroxylation is 1. The Balaban J connectivity index is 0.000000407. The van der Waals surface area contributed by atoms with Crippen molar-refractivity contribution in [3.8, 4) is 5.75 Å². The summed E-state index contributed by atoms with van der Waals surface area (Å²) in [7, 11) is 0. The van der Waals surface area contributed by atoms with Gasteiger partial charge in [-0.05, 0) is 85.9 Å². The molecule has 0 bridgehead atoms. The highest BCUT2D eigenvalue weighted by atomic mass is 32.1. The van der Waals surface area contributed by atoms with Gasteiger partial charge in [-0.3, -0.25) is 4.79 Å². The van der Waals surface area contributed by atoms with E-state index in [1.54, 1.807) is 0 Å². The van der Waals surface area contributed by atoms with Gasteiger partial charge in [0.05, 0.1) is 6.54 Å². The second-order valence-electron chi connectivity index (χ2n) is 9.15. The number of nitrogens with zero attached hydrogens (tertiary/aromatic N) is 1. The van der Waals surface area contributed by atoms with Gasteiger partial charge in [0.15, 0.2) is 0 Å². The summed E-state index contributed by atoms with van der Waals surface area (Å²) in [5.74, 6) is 1.33. The number of carbonyl (C=O) groups excluding carboxylic acids is 1. The molecule has 0 saturated carbocycles. The lowest BCUT2D eigenvalue weighted by atomic mass is 9.84. The minimum absolute atomic E-state index is 0.146. The highest BCUT2D eigenvalue weighted by molar-refractivity contribution is 7.09. The number of rotatable bonds is 12. The van der Waals surface area contributed by atoms with Crippen LogP contribution in [0.15, 0.2) is 53.0 Å². The quantitative estimate of drug-likeness (QED) is 0.0720. The molecule has 1 atom stereocenters. The molecule has 0 fully saturated rings. The third-order valence-electron chi connectivity index (χ3n) is 5.78. The second-order valence-corrected chi connectivity index (χ2v) is 10.2. The minimum atomic E-state index is -0.146. The van der Waals surface area contributed by atoms with Gasteiger partial charge in [0.25, 0.3) is 0 Å². The van der Waals surface area contributed by atoms with Gasteiger partial charge in [0.1, 0.15) is 12.4 Å². The van der Waals surface area contributed by atoms with Gasteiger partial charge in [-0.15, -0.1) is 11.3 Å². The first-order valence-electron chi connectivity index (χ1n) is 13.5. The average Bonchev–Trinajstić information content (AvgIpc) is 3.38. The molecular weight excluding hydrogens is 470 g/mol. The molecule has 2 N–H and O–H groups in total. The number of ether oxygens (including phenoxy) is 1. The molecule has 0 aliphatic heterocycles. The molecule has 0 spiro atoms. The Morgan fingerprint density at radius 1 is 1.14 bits per heavy atom. The van der Waals surface area contributed by atoms with Gasteiger partial charge in [0.2, 0.25) is 0 Å². The number of nitroso groups, excluding NO2 is 1. The number of hydrogen-bond acceptors (Lipinski definition) is 5. The van der Waals surface area contributed by atoms with Gasteiger partial charge in [-0.2, -0.15) is 4.91 Å². The third-order valence-corrected chi connectivity index (χ3v) is 6.72. The topological polar surface area (TPSA) is 78.6 Å². The third kappa shape index (κ3) is 14.3. The fraction of sp³-hybridized carbons (Fsp3) is 0.567. The number of carbonyl (C=O) groups is 1. The predicted molar refractivity (Wildman–Crippen MR) is 153 cm³/mol. The summed E-state index contributed by atoms with van der Waals surface area (Å²) in [6, 6.07) is 10.4. The number of esters is 1. The molecule has 1 aromatic heterocycles. The number of unbranched alkanes of at least 4 members (excludes halogenated alkanes) is 2. The summed E-state index contributed by atoms with van der Waals surface area (Å²) in [5, 5.41) is 11.8. The molecule has 1 unspecified atom stereocenters. The van der Waals surface area contributed by atoms with Crippen LogP contribution in [-0.4, -0.2) is 24.2 Å². The zero-order valence-electron chi connectivity index (χ0n) is 22.5. The van der Waals surface area contributed by atoms with Crippen molar-refractivity contribution in [2.24, 2.45) is 11.1 Å². The number of thiophene rings is 1. The molecule has 0 saturated heterocycles. The lowest BCUT2D eigenvalue weighted by Gasteiger charge is -2.23. The zero-order chi connectivity index (χ0) is 26.4. The van der Waals surface area contributed by atoms with Gasteiger partial charge >= 0.3 is 5.97 Å². The first kappa shape index (κ1) is 31.7. The molecule has 5 nitrogen and oxygen atoms in total. The van der Waals surface area contributed by atoms with Crippen LogP contribution in [-0.2, 0) is 24.1 Å². The van der Waals surface area contributed by atoms with Crippen LogP contribution in [0.25, 0.3) is 0 Å². The molecule has 2 aromatic rings. The maximum Gasteiger partial charge on any atom is 0.311 e. The summed E-state index contributed by atoms with van der Waals surface area (Å²) >= 11 is 1.85. The molecule has 1 aliphatic carbocycles. The Kier molecular flexibility index (Phi) is 18.4. The van der Waals surface area contributed by atoms with E-state index >= 15 is 0 Å². The first-order chi connectivity index (χ1) is 17.5. The highest BCUT2D eigenvalue weighted by Crippen LogP contribution is 2.32. The van der Waals surface area contributed by atoms with E-state index in [1.807, 2.05) is 36.5 Å². The lowest BCUT2D eigenvalue weighted by Crippen LogP contribution is -2.15. The molecule has 0 radical (unpaired) electrons. The SMILES string of the molecule is CC1CCc2c(cccc2OC(=O)CC/C=C/CCCC[OH2+])C1.CCCN=O.CCCc1cccs1. The molecule has 1 heterocycles. The van der Waals surface area contributed by atoms with Crippen LogP contribution in [0, 0.1) is 10.8 Å². The monoisotopic (exact) mass is 516 g/mol. The van der Waals surface area contributed by atoms with Gasteiger partial charge in [-0.25, -0.2) is 0 Å². The lowest BCUT2D eigenvalue weighted by molar-refractivity contribution is -0.134. The molecule has 200 valence electrons. The Morgan fingerprint density at radius 3 is 2.58 bits per heavy atom. The largest absolute Gasteiger partial charge is 0.445 e. The standard InChI is InChI=1S/C20H28O3.C7H10S.C3H7NO/c1-16-12-13-18-17(15-16)9-8-10-19(18)23-20(22)11-6-4-2-3-5-7-14-21;1-2-4-7-5-3-6-8-7;1-2-3-4-5/h2,4,8-10,16,21H,3,5-7,11-15H2,1H3;3,5-6H,2,4H2,1H3;2-3H2,1H3/p+1/b4-2+;;. The van der Waals surface area contributed by atoms with Crippen LogP contribution >= 0.6 is 11.3 Å². The van der Waals surface area contributed by atoms with Crippen LogP contribution in [0.4, 0.5) is 0 Å². The van der Waals surface area contributed by atoms with Gasteiger partial charge in [0, 0.05) is 17.7 Å². The van der Waals surface area contributed by atoms with E-state index < -0.39 is 0 Å². The van der Waals surface area contributed by atoms with E-state index in [9.17, 15) is 4.79 Å². The van der Waals surface area contributed by atoms with E-state index in [1.165, 1.54) is 35.3 Å². The fourth-order valence-corrected chi connectivity index (χ4v) is 4.65. The van der Waals surface area contributed by atoms with Crippen LogP contribution in [0.3, 0.4) is 0 Å². The van der Waals surface area contributed by atoms with E-state index in [2.05, 4.69) is 48.7 Å². The maximum absolute atomic E-state index is 12.0. The second kappa shape index (κ2) is 20.8. The van der Waals surface area contributed by atoms with E-state index in [0.717, 1.165) is 50.7 Å². The minimum Gasteiger partial charge on any atom is -0.445 e. The van der Waals surface area contributed by atoms with Crippen molar-refractivity contribution < 1.29 is 14.6 Å². The average molecular weight is 517 g/mol. The van der Waals surface area contributed by atoms with Crippen molar-refractivity contribution in [1.82, 2.24) is 0 Å². The van der Waals surface area contributed by atoms with Crippen molar-refractivity contribution in [1.29, 1.82) is 0 Å². The molecule has 1 aliphatic rings. The summed E-state index contributed by atoms with van der Waals surface area (Å²) in [4.78, 5) is 22.7. The van der Waals surface area contributed by atoms with Crippen molar-refractivity contribution >= 4 is 17.3 Å². The molecule has 0 amide bonds. The number of fused-ring (bicyclic) bond motifs is 1. The smallest absolute Gasteiger partial charge is 0.311 e. The number of hydrogen-bond donors (Lipinski definition) is 0. The Hall–Kier alpha value is -2.31. The van der Waals surface area contributed by atoms with Gasteiger partial charge in [-0.1, -0.05) is 62.7 Å². The van der Waals surface area contributed by atoms with E-state index in [0.29, 0.717) is 25.5 Å². The zero-order valence-corrected chi connectivity index (χ0v) is 23.3. The van der Waals surface area contributed by atoms with E-state index in [4.69, 9.17) is 14.8 Å². The van der Waals surface area contributed by atoms with Crippen LogP contribution < -0.4 is 4.74 Å². The number of benzene rings is 1. The Labute approximate surface area is 222 Å². The molecular formula is C30H46NO4S+. The summed E-state index contributed by atoms with van der Waals surface area (Å²) in [6.45, 7) is 7.36. The summed E-state index contributed by atoms with van der Waals surface area (Å²) < 4.78 is 5.60. The summed E-state index contributed by atoms with van der Waals surface area (Å²) in [5.41, 5.74) is 2.56. The normalized spacial score (nSPS) is 14.2. The number of allylic oxidation sites excluding steroid dienone is 2. The van der Waals surface area contributed by atoms with Crippen molar-refractivity contribution in [3.05, 3.63) is 68.8 Å². The van der Waals surface area contributed by atoms with Gasteiger partial charge < -0.3 is 9.84 Å². The van der Waals surface area contributed by atoms with Crippen LogP contribution in [0.5, 0.6) is 5.75 Å². The fourth-order valence-electron chi connectivity index (χ4n) is 3.84. The summed E-state index contributed by atoms with van der Waals surface area (Å²) in [6.07, 6.45) is 15.0. The molecule has 6 heteroatoms. The molecule has 36 heavy (non-hydrogen) atoms. The van der Waals surface area contributed by atoms with Crippen LogP contribution in [0.2, 0.25) is 0 Å². The Morgan fingerprint density at radius 2 is 1.94 bits per heavy atom. The highest BCUT2D eigenvalue weighted by Gasteiger charge is 2.19. The maximum atomic E-state index is 12.0. The first-order valence-corrected chi connectivity index (χ1v) is 14.4. The van der Waals surface area contributed by atoms with E-state index in [-0.39, 0.29) is 5.97 Å². The molecule has 1 aromatic carbocycles. The predicted octanol–water partition coefficient (Wildman–Crippen LogP) is 7.81.